The zero-order valence-corrected chi connectivity index (χ0v) is 10.2. The number of aliphatic imine (C=N–C) groups is 2. The van der Waals surface area contributed by atoms with Gasteiger partial charge in [-0.3, -0.25) is 0 Å². The Labute approximate surface area is 102 Å². The van der Waals surface area contributed by atoms with Crippen LogP contribution in [0.4, 0.5) is 0 Å². The number of nitrogens with zero attached hydrogens (tertiary/aromatic N) is 4. The van der Waals surface area contributed by atoms with E-state index in [1.807, 2.05) is 11.9 Å². The number of rotatable bonds is 7. The molecule has 0 unspecified atom stereocenters. The van der Waals surface area contributed by atoms with Crippen LogP contribution >= 0.6 is 0 Å². The minimum absolute atomic E-state index is 0.161. The van der Waals surface area contributed by atoms with Crippen LogP contribution in [0, 0.1) is 11.3 Å². The molecule has 0 aromatic carbocycles. The summed E-state index contributed by atoms with van der Waals surface area (Å²) >= 11 is 0. The second kappa shape index (κ2) is 7.54. The molecule has 0 N–H and O–H groups in total. The third kappa shape index (κ3) is 4.34. The molecule has 0 amide bonds. The third-order valence-corrected chi connectivity index (χ3v) is 2.67. The van der Waals surface area contributed by atoms with E-state index in [2.05, 4.69) is 16.9 Å². The van der Waals surface area contributed by atoms with Gasteiger partial charge < -0.3 is 5.41 Å². The fourth-order valence-electron chi connectivity index (χ4n) is 1.72. The van der Waals surface area contributed by atoms with Crippen molar-refractivity contribution in [1.29, 1.82) is 5.26 Å². The summed E-state index contributed by atoms with van der Waals surface area (Å²) in [7, 11) is 0. The molecule has 0 saturated carbocycles. The molecular weight excluding hydrogens is 212 g/mol. The van der Waals surface area contributed by atoms with E-state index in [-0.39, 0.29) is 11.4 Å². The molecule has 1 heterocycles. The minimum atomic E-state index is 0.161. The van der Waals surface area contributed by atoms with Gasteiger partial charge in [-0.25, -0.2) is 15.9 Å². The van der Waals surface area contributed by atoms with E-state index in [9.17, 15) is 0 Å². The average molecular weight is 229 g/mol. The van der Waals surface area contributed by atoms with Crippen LogP contribution < -0.4 is 0 Å². The second-order valence-electron chi connectivity index (χ2n) is 4.08. The van der Waals surface area contributed by atoms with Gasteiger partial charge in [0.05, 0.1) is 0 Å². The van der Waals surface area contributed by atoms with Crippen LogP contribution in [0.15, 0.2) is 15.7 Å². The Morgan fingerprint density at radius 1 is 1.12 bits per heavy atom. The molecule has 17 heavy (non-hydrogen) atoms. The van der Waals surface area contributed by atoms with Gasteiger partial charge in [-0.05, 0) is 6.42 Å². The minimum Gasteiger partial charge on any atom is -0.761 e. The fourth-order valence-corrected chi connectivity index (χ4v) is 1.72. The van der Waals surface area contributed by atoms with E-state index >= 15 is 0 Å². The molecule has 0 aromatic heterocycles. The molecule has 1 aliphatic heterocycles. The molecular formula is C13H17N4-. The molecule has 4 nitrogen and oxygen atoms in total. The van der Waals surface area contributed by atoms with Crippen molar-refractivity contribution in [2.45, 2.75) is 51.9 Å². The molecule has 0 radical (unpaired) electrons. The van der Waals surface area contributed by atoms with E-state index in [1.54, 1.807) is 0 Å². The zero-order chi connectivity index (χ0) is 12.5. The van der Waals surface area contributed by atoms with Gasteiger partial charge in [0.25, 0.3) is 0 Å². The Balaban J connectivity index is 2.28. The maximum absolute atomic E-state index is 8.73. The van der Waals surface area contributed by atoms with E-state index < -0.39 is 0 Å². The van der Waals surface area contributed by atoms with Crippen LogP contribution in [-0.2, 0) is 0 Å². The highest BCUT2D eigenvalue weighted by Crippen LogP contribution is 2.13. The summed E-state index contributed by atoms with van der Waals surface area (Å²) in [6.45, 7) is 2.20. The molecule has 90 valence electrons. The van der Waals surface area contributed by atoms with Crippen LogP contribution in [0.2, 0.25) is 0 Å². The topological polar surface area (TPSA) is 70.8 Å². The second-order valence-corrected chi connectivity index (χ2v) is 4.08. The first-order valence-electron chi connectivity index (χ1n) is 6.15. The smallest absolute Gasteiger partial charge is 0.174 e. The maximum Gasteiger partial charge on any atom is 0.174 e. The SMILES string of the molecule is CCCCCCCCC1=NC(=C=[N-])C(C#N)=N1. The largest absolute Gasteiger partial charge is 0.761 e. The molecule has 1 aliphatic rings. The Bertz CT molecular complexity index is 406. The first-order valence-corrected chi connectivity index (χ1v) is 6.15. The summed E-state index contributed by atoms with van der Waals surface area (Å²) in [4.78, 5) is 8.08. The monoisotopic (exact) mass is 229 g/mol. The molecule has 0 fully saturated rings. The molecule has 4 heteroatoms. The number of allylic oxidation sites excluding steroid dienone is 1. The van der Waals surface area contributed by atoms with Crippen LogP contribution in [0.25, 0.3) is 5.41 Å². The fraction of sp³-hybridized carbons (Fsp3) is 0.615. The summed E-state index contributed by atoms with van der Waals surface area (Å²) < 4.78 is 0. The van der Waals surface area contributed by atoms with Gasteiger partial charge >= 0.3 is 0 Å². The molecule has 0 atom stereocenters. The first kappa shape index (κ1) is 13.3. The van der Waals surface area contributed by atoms with Gasteiger partial charge in [0, 0.05) is 6.42 Å². The van der Waals surface area contributed by atoms with Crippen molar-refractivity contribution in [3.05, 3.63) is 11.1 Å². The Kier molecular flexibility index (Phi) is 5.92. The van der Waals surface area contributed by atoms with E-state index in [0.29, 0.717) is 5.84 Å². The summed E-state index contributed by atoms with van der Waals surface area (Å²) in [6.07, 6.45) is 8.04. The van der Waals surface area contributed by atoms with Crippen molar-refractivity contribution < 1.29 is 0 Å². The lowest BCUT2D eigenvalue weighted by Gasteiger charge is -1.99. The normalized spacial score (nSPS) is 14.0. The quantitative estimate of drug-likeness (QED) is 0.488. The lowest BCUT2D eigenvalue weighted by Crippen LogP contribution is -1.93. The summed E-state index contributed by atoms with van der Waals surface area (Å²) in [5.41, 5.74) is 0.321. The molecule has 1 rings (SSSR count). The first-order chi connectivity index (χ1) is 8.31. The van der Waals surface area contributed by atoms with Gasteiger partial charge in [0.1, 0.15) is 17.6 Å². The molecule has 0 spiro atoms. The van der Waals surface area contributed by atoms with E-state index in [0.717, 1.165) is 19.3 Å². The highest BCUT2D eigenvalue weighted by atomic mass is 15.0. The molecule has 0 aromatic rings. The highest BCUT2D eigenvalue weighted by molar-refractivity contribution is 6.24. The molecule has 0 saturated heterocycles. The molecule has 0 bridgehead atoms. The Hall–Kier alpha value is -1.72. The van der Waals surface area contributed by atoms with Crippen molar-refractivity contribution >= 4 is 17.4 Å². The van der Waals surface area contributed by atoms with Crippen molar-refractivity contribution in [2.24, 2.45) is 9.98 Å². The lowest BCUT2D eigenvalue weighted by molar-refractivity contribution is 0.615. The average Bonchev–Trinajstić information content (AvgIpc) is 2.76. The number of hydrogen-bond acceptors (Lipinski definition) is 3. The number of nitriles is 1. The lowest BCUT2D eigenvalue weighted by atomic mass is 10.1. The number of hydrogen-bond donors (Lipinski definition) is 0. The maximum atomic E-state index is 8.73. The highest BCUT2D eigenvalue weighted by Gasteiger charge is 2.13. The predicted molar refractivity (Wildman–Crippen MR) is 70.4 cm³/mol. The number of amidine groups is 1. The Morgan fingerprint density at radius 2 is 1.82 bits per heavy atom. The summed E-state index contributed by atoms with van der Waals surface area (Å²) in [5.74, 6) is 2.52. The van der Waals surface area contributed by atoms with Gasteiger partial charge in [-0.2, -0.15) is 5.26 Å². The van der Waals surface area contributed by atoms with Crippen molar-refractivity contribution in [1.82, 2.24) is 0 Å². The standard InChI is InChI=1S/C13H17N4/c1-2-3-4-5-6-7-8-13-16-11(9-14)12(10-15)17-13/h2-8H2,1H3/q-1. The van der Waals surface area contributed by atoms with Crippen LogP contribution in [0.5, 0.6) is 0 Å². The van der Waals surface area contributed by atoms with Crippen molar-refractivity contribution in [2.75, 3.05) is 0 Å². The van der Waals surface area contributed by atoms with Gasteiger partial charge in [0.15, 0.2) is 5.71 Å². The summed E-state index contributed by atoms with van der Waals surface area (Å²) in [6, 6.07) is 1.89. The Morgan fingerprint density at radius 3 is 2.41 bits per heavy atom. The van der Waals surface area contributed by atoms with Crippen molar-refractivity contribution in [3.63, 3.8) is 0 Å². The van der Waals surface area contributed by atoms with Crippen LogP contribution in [0.1, 0.15) is 51.9 Å². The van der Waals surface area contributed by atoms with Gasteiger partial charge in [-0.1, -0.05) is 39.0 Å². The van der Waals surface area contributed by atoms with Crippen LogP contribution in [0.3, 0.4) is 0 Å². The van der Waals surface area contributed by atoms with Crippen LogP contribution in [-0.4, -0.2) is 17.4 Å². The third-order valence-electron chi connectivity index (χ3n) is 2.67. The van der Waals surface area contributed by atoms with Gasteiger partial charge in [0.2, 0.25) is 0 Å². The summed E-state index contributed by atoms with van der Waals surface area (Å²) in [5, 5.41) is 17.5. The van der Waals surface area contributed by atoms with Crippen molar-refractivity contribution in [3.8, 4) is 6.07 Å². The van der Waals surface area contributed by atoms with E-state index in [1.165, 1.54) is 25.7 Å². The van der Waals surface area contributed by atoms with E-state index in [4.69, 9.17) is 10.7 Å². The number of unbranched alkanes of at least 4 members (excludes halogenated alkanes) is 5. The van der Waals surface area contributed by atoms with Gasteiger partial charge in [-0.15, -0.1) is 0 Å². The molecule has 0 aliphatic carbocycles. The zero-order valence-electron chi connectivity index (χ0n) is 10.2. The predicted octanol–water partition coefficient (Wildman–Crippen LogP) is 3.24.